The van der Waals surface area contributed by atoms with Gasteiger partial charge in [-0.2, -0.15) is 0 Å². The van der Waals surface area contributed by atoms with Crippen LogP contribution in [0.5, 0.6) is 5.75 Å². The van der Waals surface area contributed by atoms with E-state index in [9.17, 15) is 4.79 Å². The van der Waals surface area contributed by atoms with Crippen LogP contribution in [-0.4, -0.2) is 24.0 Å². The second kappa shape index (κ2) is 8.28. The Morgan fingerprint density at radius 1 is 1.00 bits per heavy atom. The zero-order valence-electron chi connectivity index (χ0n) is 16.5. The van der Waals surface area contributed by atoms with Gasteiger partial charge in [-0.1, -0.05) is 72.0 Å². The zero-order valence-corrected chi connectivity index (χ0v) is 17.3. The molecule has 1 aliphatic rings. The predicted octanol–water partition coefficient (Wildman–Crippen LogP) is 5.44. The van der Waals surface area contributed by atoms with Crippen molar-refractivity contribution in [3.05, 3.63) is 90.0 Å². The molecule has 0 spiro atoms. The van der Waals surface area contributed by atoms with Crippen LogP contribution >= 0.6 is 11.3 Å². The minimum absolute atomic E-state index is 0.0979. The second-order valence-corrected chi connectivity index (χ2v) is 8.43. The molecule has 0 fully saturated rings. The molecule has 4 aromatic rings. The van der Waals surface area contributed by atoms with Crippen LogP contribution in [0.3, 0.4) is 0 Å². The largest absolute Gasteiger partial charge is 0.493 e. The van der Waals surface area contributed by atoms with E-state index >= 15 is 0 Å². The van der Waals surface area contributed by atoms with Crippen LogP contribution in [0.25, 0.3) is 10.2 Å². The third-order valence-corrected chi connectivity index (χ3v) is 6.56. The van der Waals surface area contributed by atoms with Crippen molar-refractivity contribution in [3.63, 3.8) is 0 Å². The number of hydrogen-bond donors (Lipinski definition) is 0. The first kappa shape index (κ1) is 18.8. The first-order chi connectivity index (χ1) is 14.8. The Balaban J connectivity index is 1.49. The molecule has 1 atom stereocenters. The fourth-order valence-corrected chi connectivity index (χ4v) is 4.94. The van der Waals surface area contributed by atoms with Gasteiger partial charge in [-0.3, -0.25) is 9.69 Å². The van der Waals surface area contributed by atoms with E-state index in [0.29, 0.717) is 19.6 Å². The van der Waals surface area contributed by atoms with Crippen molar-refractivity contribution >= 4 is 32.6 Å². The van der Waals surface area contributed by atoms with Crippen molar-refractivity contribution in [1.82, 2.24) is 4.98 Å². The van der Waals surface area contributed by atoms with E-state index in [1.165, 1.54) is 5.56 Å². The Kier molecular flexibility index (Phi) is 5.20. The van der Waals surface area contributed by atoms with E-state index in [4.69, 9.17) is 9.72 Å². The summed E-state index contributed by atoms with van der Waals surface area (Å²) in [5, 5.41) is 0.765. The van der Waals surface area contributed by atoms with Gasteiger partial charge in [0.25, 0.3) is 0 Å². The lowest BCUT2D eigenvalue weighted by Crippen LogP contribution is -2.38. The van der Waals surface area contributed by atoms with E-state index < -0.39 is 0 Å². The molecular formula is C25H22N2O2S. The Labute approximate surface area is 179 Å². The van der Waals surface area contributed by atoms with E-state index in [1.54, 1.807) is 11.3 Å². The number of nitrogens with zero attached hydrogens (tertiary/aromatic N) is 2. The number of hydrogen-bond acceptors (Lipinski definition) is 4. The molecule has 5 rings (SSSR count). The SMILES string of the molecule is O=C(C1CCOc2ccccc21)N(CCc1ccccc1)c1nc2ccccc2s1. The molecule has 0 bridgehead atoms. The molecule has 4 nitrogen and oxygen atoms in total. The van der Waals surface area contributed by atoms with Crippen LogP contribution in [0.1, 0.15) is 23.5 Å². The minimum Gasteiger partial charge on any atom is -0.493 e. The highest BCUT2D eigenvalue weighted by molar-refractivity contribution is 7.22. The molecule has 2 heterocycles. The van der Waals surface area contributed by atoms with Gasteiger partial charge >= 0.3 is 0 Å². The van der Waals surface area contributed by atoms with Crippen LogP contribution in [0, 0.1) is 0 Å². The van der Waals surface area contributed by atoms with Gasteiger partial charge in [-0.15, -0.1) is 0 Å². The molecule has 0 aliphatic carbocycles. The molecule has 1 aliphatic heterocycles. The van der Waals surface area contributed by atoms with E-state index in [2.05, 4.69) is 18.2 Å². The highest BCUT2D eigenvalue weighted by Crippen LogP contribution is 2.37. The highest BCUT2D eigenvalue weighted by Gasteiger charge is 2.32. The summed E-state index contributed by atoms with van der Waals surface area (Å²) in [7, 11) is 0. The second-order valence-electron chi connectivity index (χ2n) is 7.42. The number of anilines is 1. The van der Waals surface area contributed by atoms with Gasteiger partial charge in [-0.25, -0.2) is 4.98 Å². The molecular weight excluding hydrogens is 392 g/mol. The summed E-state index contributed by atoms with van der Waals surface area (Å²) in [6.07, 6.45) is 1.47. The number of thiazole rings is 1. The van der Waals surface area contributed by atoms with Gasteiger partial charge in [0.1, 0.15) is 5.75 Å². The average Bonchev–Trinajstić information content (AvgIpc) is 3.23. The Hall–Kier alpha value is -3.18. The fraction of sp³-hybridized carbons (Fsp3) is 0.200. The number of benzene rings is 3. The maximum Gasteiger partial charge on any atom is 0.236 e. The van der Waals surface area contributed by atoms with Crippen molar-refractivity contribution in [2.24, 2.45) is 0 Å². The summed E-state index contributed by atoms with van der Waals surface area (Å²) in [5.41, 5.74) is 3.12. The number of carbonyl (C=O) groups excluding carboxylic acids is 1. The maximum atomic E-state index is 13.8. The molecule has 1 aromatic heterocycles. The van der Waals surface area contributed by atoms with Crippen LogP contribution in [0.4, 0.5) is 5.13 Å². The van der Waals surface area contributed by atoms with Crippen molar-refractivity contribution in [1.29, 1.82) is 0 Å². The van der Waals surface area contributed by atoms with Gasteiger partial charge in [0.15, 0.2) is 5.13 Å². The molecule has 1 amide bonds. The van der Waals surface area contributed by atoms with Crippen LogP contribution in [0.2, 0.25) is 0 Å². The lowest BCUT2D eigenvalue weighted by molar-refractivity contribution is -0.120. The van der Waals surface area contributed by atoms with Gasteiger partial charge < -0.3 is 4.74 Å². The van der Waals surface area contributed by atoms with Gasteiger partial charge in [-0.05, 0) is 36.6 Å². The van der Waals surface area contributed by atoms with Crippen molar-refractivity contribution < 1.29 is 9.53 Å². The lowest BCUT2D eigenvalue weighted by atomic mass is 9.92. The summed E-state index contributed by atoms with van der Waals surface area (Å²) in [6.45, 7) is 1.15. The lowest BCUT2D eigenvalue weighted by Gasteiger charge is -2.29. The number of carbonyl (C=O) groups is 1. The number of amides is 1. The average molecular weight is 415 g/mol. The van der Waals surface area contributed by atoms with Crippen LogP contribution in [0.15, 0.2) is 78.9 Å². The zero-order chi connectivity index (χ0) is 20.3. The van der Waals surface area contributed by atoms with Gasteiger partial charge in [0.2, 0.25) is 5.91 Å². The predicted molar refractivity (Wildman–Crippen MR) is 121 cm³/mol. The van der Waals surface area contributed by atoms with Gasteiger partial charge in [0, 0.05) is 12.1 Å². The monoisotopic (exact) mass is 414 g/mol. The Morgan fingerprint density at radius 2 is 1.77 bits per heavy atom. The quantitative estimate of drug-likeness (QED) is 0.437. The summed E-state index contributed by atoms with van der Waals surface area (Å²) >= 11 is 1.58. The van der Waals surface area contributed by atoms with Crippen molar-refractivity contribution in [2.75, 3.05) is 18.1 Å². The van der Waals surface area contributed by atoms with E-state index in [0.717, 1.165) is 33.1 Å². The van der Waals surface area contributed by atoms with Crippen LogP contribution < -0.4 is 9.64 Å². The summed E-state index contributed by atoms with van der Waals surface area (Å²) in [5.74, 6) is 0.702. The van der Waals surface area contributed by atoms with Gasteiger partial charge in [0.05, 0.1) is 22.7 Å². The summed E-state index contributed by atoms with van der Waals surface area (Å²) < 4.78 is 6.88. The number of para-hydroxylation sites is 2. The molecule has 0 N–H and O–H groups in total. The molecule has 150 valence electrons. The summed E-state index contributed by atoms with van der Waals surface area (Å²) in [4.78, 5) is 20.5. The molecule has 30 heavy (non-hydrogen) atoms. The first-order valence-corrected chi connectivity index (χ1v) is 11.0. The third kappa shape index (κ3) is 3.68. The fourth-order valence-electron chi connectivity index (χ4n) is 3.95. The summed E-state index contributed by atoms with van der Waals surface area (Å²) in [6, 6.07) is 26.2. The van der Waals surface area contributed by atoms with E-state index in [-0.39, 0.29) is 11.8 Å². The standard InChI is InChI=1S/C25H22N2O2S/c28-24(20-15-17-29-22-12-6-4-10-19(20)22)27(16-14-18-8-2-1-3-9-18)25-26-21-11-5-7-13-23(21)30-25/h1-13,20H,14-17H2. The van der Waals surface area contributed by atoms with Crippen molar-refractivity contribution in [3.8, 4) is 5.75 Å². The Bertz CT molecular complexity index is 1140. The molecule has 3 aromatic carbocycles. The third-order valence-electron chi connectivity index (χ3n) is 5.50. The normalized spacial score (nSPS) is 15.4. The highest BCUT2D eigenvalue weighted by atomic mass is 32.1. The molecule has 0 saturated carbocycles. The number of ether oxygens (including phenoxy) is 1. The first-order valence-electron chi connectivity index (χ1n) is 10.2. The molecule has 5 heteroatoms. The Morgan fingerprint density at radius 3 is 2.63 bits per heavy atom. The number of aromatic nitrogens is 1. The maximum absolute atomic E-state index is 13.8. The minimum atomic E-state index is -0.210. The topological polar surface area (TPSA) is 42.4 Å². The van der Waals surface area contributed by atoms with Crippen LogP contribution in [-0.2, 0) is 11.2 Å². The molecule has 0 saturated heterocycles. The molecule has 0 radical (unpaired) electrons. The number of rotatable bonds is 5. The molecule has 1 unspecified atom stereocenters. The smallest absolute Gasteiger partial charge is 0.236 e. The van der Waals surface area contributed by atoms with E-state index in [1.807, 2.05) is 65.6 Å². The number of fused-ring (bicyclic) bond motifs is 2. The van der Waals surface area contributed by atoms with Crippen molar-refractivity contribution in [2.45, 2.75) is 18.8 Å².